The van der Waals surface area contributed by atoms with Crippen molar-refractivity contribution < 1.29 is 44.7 Å². The van der Waals surface area contributed by atoms with Crippen LogP contribution in [0.15, 0.2) is 29.0 Å². The summed E-state index contributed by atoms with van der Waals surface area (Å²) in [6.07, 6.45) is 0.160. The highest BCUT2D eigenvalue weighted by Crippen LogP contribution is 2.53. The third-order valence-corrected chi connectivity index (χ3v) is 7.99. The zero-order valence-corrected chi connectivity index (χ0v) is 21.9. The van der Waals surface area contributed by atoms with Crippen LogP contribution in [0.1, 0.15) is 17.5 Å². The van der Waals surface area contributed by atoms with Gasteiger partial charge in [0.05, 0.1) is 17.3 Å². The molecule has 0 heterocycles. The summed E-state index contributed by atoms with van der Waals surface area (Å²) in [5.41, 5.74) is 2.01. The quantitative estimate of drug-likeness (QED) is 0.169. The molecule has 0 aliphatic heterocycles. The van der Waals surface area contributed by atoms with Gasteiger partial charge in [-0.1, -0.05) is 6.07 Å². The Morgan fingerprint density at radius 2 is 1.79 bits per heavy atom. The van der Waals surface area contributed by atoms with Gasteiger partial charge < -0.3 is 36.6 Å². The number of carboxylic acids is 1. The van der Waals surface area contributed by atoms with E-state index in [9.17, 15) is 44.7 Å². The summed E-state index contributed by atoms with van der Waals surface area (Å²) >= 11 is 0. The zero-order chi connectivity index (χ0) is 29.1. The number of aromatic hydroxyl groups is 1. The number of amides is 1. The van der Waals surface area contributed by atoms with Gasteiger partial charge in [0.2, 0.25) is 5.78 Å². The molecule has 13 heteroatoms. The number of primary amides is 1. The largest absolute Gasteiger partial charge is 0.508 e. The molecule has 4 rings (SSSR count). The number of Topliss-reactive ketones (excluding diaryl/α,β-unsaturated/α-hetero) is 2. The van der Waals surface area contributed by atoms with Crippen LogP contribution in [0.4, 0.5) is 5.69 Å². The molecule has 1 aromatic rings. The highest BCUT2D eigenvalue weighted by molar-refractivity contribution is 6.24. The molecule has 3 aliphatic rings. The fourth-order valence-corrected chi connectivity index (χ4v) is 6.06. The lowest BCUT2D eigenvalue weighted by molar-refractivity contribution is -0.153. The highest BCUT2D eigenvalue weighted by Gasteiger charge is 2.64. The average molecular weight is 545 g/mol. The summed E-state index contributed by atoms with van der Waals surface area (Å²) in [6, 6.07) is 1.08. The molecule has 13 nitrogen and oxygen atoms in total. The van der Waals surface area contributed by atoms with Gasteiger partial charge in [-0.15, -0.1) is 0 Å². The summed E-state index contributed by atoms with van der Waals surface area (Å²) < 4.78 is 0. The van der Waals surface area contributed by atoms with Gasteiger partial charge in [-0.05, 0) is 58.6 Å². The van der Waals surface area contributed by atoms with Crippen LogP contribution >= 0.6 is 0 Å². The summed E-state index contributed by atoms with van der Waals surface area (Å²) in [4.78, 5) is 53.4. The second-order valence-corrected chi connectivity index (χ2v) is 10.7. The fourth-order valence-electron chi connectivity index (χ4n) is 6.06. The lowest BCUT2D eigenvalue weighted by Crippen LogP contribution is -2.65. The molecule has 1 amide bonds. The van der Waals surface area contributed by atoms with Crippen molar-refractivity contribution in [3.63, 3.8) is 0 Å². The van der Waals surface area contributed by atoms with Crippen LogP contribution in [0.5, 0.6) is 5.75 Å². The minimum Gasteiger partial charge on any atom is -0.508 e. The van der Waals surface area contributed by atoms with E-state index in [0.717, 1.165) is 0 Å². The van der Waals surface area contributed by atoms with E-state index in [1.54, 1.807) is 20.2 Å². The third-order valence-electron chi connectivity index (χ3n) is 7.99. The fraction of sp³-hybridized carbons (Fsp3) is 0.462. The molecule has 0 bridgehead atoms. The van der Waals surface area contributed by atoms with Gasteiger partial charge in [-0.25, -0.2) is 0 Å². The molecule has 0 saturated heterocycles. The number of nitrogens with zero attached hydrogens (tertiary/aromatic N) is 2. The molecule has 1 fully saturated rings. The lowest BCUT2D eigenvalue weighted by Gasteiger charge is -2.50. The molecule has 0 radical (unpaired) electrons. The van der Waals surface area contributed by atoms with Gasteiger partial charge >= 0.3 is 5.97 Å². The Bertz CT molecular complexity index is 1350. The smallest absolute Gasteiger partial charge is 0.322 e. The van der Waals surface area contributed by atoms with E-state index >= 15 is 0 Å². The standard InChI is InChI=1S/C26H32N4O9/c1-29(2)14(25(37)38)9-28-13-6-5-10-7-11-8-12-18(30(3)4)21(33)17(24(27)36)23(35)26(12,39)22(34)16(11)20(32)15(10)19(13)31/h5-6,11-12,14,18,28,31-32,35,39H,7-9H2,1-4H3,(H2,27,36)(H,37,38)/t11?,12?,14?,18-,26?/m0/s1. The van der Waals surface area contributed by atoms with Crippen molar-refractivity contribution in [3.8, 4) is 5.75 Å². The van der Waals surface area contributed by atoms with Crippen LogP contribution in [0, 0.1) is 11.8 Å². The molecule has 1 saturated carbocycles. The van der Waals surface area contributed by atoms with Gasteiger partial charge in [0.1, 0.15) is 28.9 Å². The first kappa shape index (κ1) is 28.1. The lowest BCUT2D eigenvalue weighted by atomic mass is 9.57. The first-order valence-corrected chi connectivity index (χ1v) is 12.3. The number of hydrogen-bond donors (Lipinski definition) is 7. The van der Waals surface area contributed by atoms with Crippen molar-refractivity contribution in [2.45, 2.75) is 30.5 Å². The van der Waals surface area contributed by atoms with E-state index in [1.165, 1.54) is 30.0 Å². The molecule has 4 unspecified atom stereocenters. The van der Waals surface area contributed by atoms with Crippen molar-refractivity contribution in [1.82, 2.24) is 9.80 Å². The van der Waals surface area contributed by atoms with E-state index in [1.807, 2.05) is 0 Å². The summed E-state index contributed by atoms with van der Waals surface area (Å²) in [7, 11) is 6.24. The Morgan fingerprint density at radius 3 is 2.33 bits per heavy atom. The topological polar surface area (TPSA) is 214 Å². The summed E-state index contributed by atoms with van der Waals surface area (Å²) in [5.74, 6) is -8.31. The van der Waals surface area contributed by atoms with Crippen LogP contribution in [0.25, 0.3) is 5.76 Å². The number of nitrogens with two attached hydrogens (primary N) is 1. The number of aliphatic carboxylic acids is 1. The number of likely N-dealkylation sites (N-methyl/N-ethyl adjacent to an activating group) is 2. The van der Waals surface area contributed by atoms with E-state index in [2.05, 4.69) is 5.32 Å². The van der Waals surface area contributed by atoms with Crippen molar-refractivity contribution >= 4 is 34.9 Å². The van der Waals surface area contributed by atoms with Gasteiger partial charge in [0, 0.05) is 18.0 Å². The molecule has 39 heavy (non-hydrogen) atoms. The second-order valence-electron chi connectivity index (χ2n) is 10.7. The van der Waals surface area contributed by atoms with Crippen molar-refractivity contribution in [2.75, 3.05) is 40.1 Å². The number of aliphatic hydroxyl groups is 3. The minimum atomic E-state index is -2.71. The average Bonchev–Trinajstić information content (AvgIpc) is 2.82. The van der Waals surface area contributed by atoms with E-state index in [-0.39, 0.29) is 36.2 Å². The number of fused-ring (bicyclic) bond motifs is 3. The predicted octanol–water partition coefficient (Wildman–Crippen LogP) is -0.609. The number of phenolic OH excluding ortho intramolecular Hbond substituents is 1. The molecule has 210 valence electrons. The van der Waals surface area contributed by atoms with Gasteiger partial charge in [0.25, 0.3) is 5.91 Å². The first-order chi connectivity index (χ1) is 18.1. The molecular formula is C26H32N4O9. The number of benzene rings is 1. The van der Waals surface area contributed by atoms with Gasteiger partial charge in [-0.3, -0.25) is 29.0 Å². The molecular weight excluding hydrogens is 512 g/mol. The van der Waals surface area contributed by atoms with Crippen molar-refractivity contribution in [2.24, 2.45) is 17.6 Å². The second kappa shape index (κ2) is 9.67. The van der Waals surface area contributed by atoms with Crippen LogP contribution in [-0.2, 0) is 25.6 Å². The summed E-state index contributed by atoms with van der Waals surface area (Å²) in [6.45, 7) is -0.0798. The Labute approximate surface area is 223 Å². The van der Waals surface area contributed by atoms with Crippen LogP contribution < -0.4 is 11.1 Å². The molecule has 8 N–H and O–H groups in total. The Kier molecular flexibility index (Phi) is 6.96. The van der Waals surface area contributed by atoms with Crippen molar-refractivity contribution in [1.29, 1.82) is 0 Å². The number of carbonyl (C=O) groups is 4. The Morgan fingerprint density at radius 1 is 1.15 bits per heavy atom. The predicted molar refractivity (Wildman–Crippen MR) is 138 cm³/mol. The maximum Gasteiger partial charge on any atom is 0.322 e. The van der Waals surface area contributed by atoms with Gasteiger partial charge in [0.15, 0.2) is 11.4 Å². The Hall–Kier alpha value is -3.94. The maximum absolute atomic E-state index is 13.8. The molecule has 0 aromatic heterocycles. The summed E-state index contributed by atoms with van der Waals surface area (Å²) in [5, 5.41) is 57.1. The van der Waals surface area contributed by atoms with E-state index in [4.69, 9.17) is 5.73 Å². The number of carboxylic acid groups (broad SMARTS) is 1. The van der Waals surface area contributed by atoms with E-state index < -0.39 is 75.8 Å². The SMILES string of the molecule is CN(C)C(CNc1ccc2c(c1O)C(O)=C1C(=O)C3(O)C(O)=C(C(N)=O)C(=O)[C@@H](N(C)C)C3CC1C2)C(=O)O. The maximum atomic E-state index is 13.8. The molecule has 0 spiro atoms. The number of rotatable bonds is 7. The molecule has 5 atom stereocenters. The first-order valence-electron chi connectivity index (χ1n) is 12.3. The number of nitrogens with one attached hydrogen (secondary N) is 1. The van der Waals surface area contributed by atoms with E-state index in [0.29, 0.717) is 5.56 Å². The van der Waals surface area contributed by atoms with Crippen LogP contribution in [-0.4, -0.2) is 111 Å². The minimum absolute atomic E-state index is 0.00431. The molecule has 3 aliphatic carbocycles. The number of carbonyl (C=O) groups excluding carboxylic acids is 3. The van der Waals surface area contributed by atoms with Gasteiger partial charge in [-0.2, -0.15) is 0 Å². The zero-order valence-electron chi connectivity index (χ0n) is 21.9. The number of phenols is 1. The molecule has 1 aromatic carbocycles. The highest BCUT2D eigenvalue weighted by atomic mass is 16.4. The Balaban J connectivity index is 1.82. The number of aliphatic hydroxyl groups excluding tert-OH is 2. The number of ketones is 2. The third kappa shape index (κ3) is 4.13. The normalized spacial score (nSPS) is 27.3. The monoisotopic (exact) mass is 544 g/mol. The van der Waals surface area contributed by atoms with Crippen molar-refractivity contribution in [3.05, 3.63) is 40.2 Å². The van der Waals surface area contributed by atoms with Crippen LogP contribution in [0.3, 0.4) is 0 Å². The van der Waals surface area contributed by atoms with Crippen LogP contribution in [0.2, 0.25) is 0 Å². The number of hydrogen-bond acceptors (Lipinski definition) is 11. The number of anilines is 1.